The number of ether oxygens (including phenoxy) is 1. The summed E-state index contributed by atoms with van der Waals surface area (Å²) in [6.07, 6.45) is -0.117. The number of hydrogen-bond acceptors (Lipinski definition) is 4. The van der Waals surface area contributed by atoms with Gasteiger partial charge in [0.05, 0.1) is 0 Å². The molecule has 1 aromatic carbocycles. The number of amides is 2. The van der Waals surface area contributed by atoms with E-state index in [2.05, 4.69) is 10.6 Å². The molecule has 3 atom stereocenters. The van der Waals surface area contributed by atoms with Crippen molar-refractivity contribution in [3.05, 3.63) is 35.9 Å². The highest BCUT2D eigenvalue weighted by molar-refractivity contribution is 5.89. The lowest BCUT2D eigenvalue weighted by Crippen LogP contribution is -2.55. The largest absolute Gasteiger partial charge is 0.480 e. The molecule has 1 rings (SSSR count). The lowest BCUT2D eigenvalue weighted by Gasteiger charge is -2.26. The summed E-state index contributed by atoms with van der Waals surface area (Å²) >= 11 is 0. The van der Waals surface area contributed by atoms with E-state index in [4.69, 9.17) is 4.74 Å². The smallest absolute Gasteiger partial charge is 0.408 e. The number of carbonyl (C=O) groups is 3. The Morgan fingerprint density at radius 1 is 1.04 bits per heavy atom. The van der Waals surface area contributed by atoms with Crippen molar-refractivity contribution in [1.29, 1.82) is 0 Å². The van der Waals surface area contributed by atoms with Gasteiger partial charge in [0, 0.05) is 0 Å². The van der Waals surface area contributed by atoms with E-state index in [1.54, 1.807) is 20.8 Å². The van der Waals surface area contributed by atoms with Crippen LogP contribution in [-0.2, 0) is 20.9 Å². The summed E-state index contributed by atoms with van der Waals surface area (Å²) in [5.41, 5.74) is 0.830. The molecule has 26 heavy (non-hydrogen) atoms. The molecule has 0 heterocycles. The van der Waals surface area contributed by atoms with Crippen molar-refractivity contribution >= 4 is 18.0 Å². The number of nitrogens with one attached hydrogen (secondary N) is 2. The van der Waals surface area contributed by atoms with Crippen LogP contribution < -0.4 is 10.6 Å². The van der Waals surface area contributed by atoms with Crippen LogP contribution in [0.25, 0.3) is 0 Å². The van der Waals surface area contributed by atoms with Crippen molar-refractivity contribution in [2.75, 3.05) is 0 Å². The second-order valence-electron chi connectivity index (χ2n) is 6.64. The zero-order chi connectivity index (χ0) is 19.7. The Morgan fingerprint density at radius 2 is 1.65 bits per heavy atom. The van der Waals surface area contributed by atoms with Gasteiger partial charge < -0.3 is 20.5 Å². The number of carbonyl (C=O) groups excluding carboxylic acids is 2. The molecule has 0 saturated heterocycles. The maximum absolute atomic E-state index is 12.5. The first-order valence-corrected chi connectivity index (χ1v) is 8.76. The van der Waals surface area contributed by atoms with Crippen molar-refractivity contribution in [3.63, 3.8) is 0 Å². The van der Waals surface area contributed by atoms with Gasteiger partial charge in [0.2, 0.25) is 5.91 Å². The first kappa shape index (κ1) is 21.5. The number of carboxylic acid groups (broad SMARTS) is 1. The average molecular weight is 364 g/mol. The first-order chi connectivity index (χ1) is 12.3. The van der Waals surface area contributed by atoms with Crippen molar-refractivity contribution in [3.8, 4) is 0 Å². The minimum absolute atomic E-state index is 0.0870. The number of hydrogen-bond donors (Lipinski definition) is 3. The number of aliphatic carboxylic acids is 1. The van der Waals surface area contributed by atoms with E-state index in [1.807, 2.05) is 37.3 Å². The second kappa shape index (κ2) is 10.4. The van der Waals surface area contributed by atoms with Crippen LogP contribution in [0.3, 0.4) is 0 Å². The van der Waals surface area contributed by atoms with E-state index in [9.17, 15) is 19.5 Å². The Bertz CT molecular complexity index is 603. The van der Waals surface area contributed by atoms with Gasteiger partial charge in [-0.1, -0.05) is 64.4 Å². The normalized spacial score (nSPS) is 14.2. The molecular weight excluding hydrogens is 336 g/mol. The van der Waals surface area contributed by atoms with Crippen LogP contribution >= 0.6 is 0 Å². The zero-order valence-corrected chi connectivity index (χ0v) is 15.7. The molecule has 2 amide bonds. The van der Waals surface area contributed by atoms with Crippen LogP contribution in [0.4, 0.5) is 4.79 Å². The van der Waals surface area contributed by atoms with Gasteiger partial charge in [-0.2, -0.15) is 0 Å². The Balaban J connectivity index is 2.67. The molecule has 1 aromatic rings. The molecule has 0 aliphatic rings. The molecule has 144 valence electrons. The Morgan fingerprint density at radius 3 is 2.15 bits per heavy atom. The van der Waals surface area contributed by atoms with Crippen LogP contribution in [-0.4, -0.2) is 35.2 Å². The number of alkyl carbamates (subject to hydrolysis) is 1. The number of benzene rings is 1. The van der Waals surface area contributed by atoms with Crippen LogP contribution in [0.2, 0.25) is 0 Å². The third-order valence-corrected chi connectivity index (χ3v) is 4.21. The molecule has 0 fully saturated rings. The molecule has 0 aromatic heterocycles. The van der Waals surface area contributed by atoms with Gasteiger partial charge in [-0.25, -0.2) is 9.59 Å². The van der Waals surface area contributed by atoms with Gasteiger partial charge in [-0.3, -0.25) is 4.79 Å². The summed E-state index contributed by atoms with van der Waals surface area (Å²) in [6, 6.07) is 7.29. The lowest BCUT2D eigenvalue weighted by atomic mass is 9.97. The third-order valence-electron chi connectivity index (χ3n) is 4.21. The molecular formula is C19H28N2O5. The SMILES string of the molecule is CC[C@@H](C)[C@H](NC(=O)[C@@H](NC(=O)OCc1ccccc1)C(C)C)C(=O)O. The quantitative estimate of drug-likeness (QED) is 0.625. The fourth-order valence-electron chi connectivity index (χ4n) is 2.35. The summed E-state index contributed by atoms with van der Waals surface area (Å²) in [6.45, 7) is 7.22. The second-order valence-corrected chi connectivity index (χ2v) is 6.64. The Kier molecular flexibility index (Phi) is 8.61. The van der Waals surface area contributed by atoms with Crippen molar-refractivity contribution < 1.29 is 24.2 Å². The van der Waals surface area contributed by atoms with E-state index in [1.165, 1.54) is 0 Å². The molecule has 0 unspecified atom stereocenters. The highest BCUT2D eigenvalue weighted by Gasteiger charge is 2.31. The Hall–Kier alpha value is -2.57. The maximum atomic E-state index is 12.5. The van der Waals surface area contributed by atoms with Crippen molar-refractivity contribution in [2.45, 2.75) is 52.8 Å². The molecule has 7 nitrogen and oxygen atoms in total. The summed E-state index contributed by atoms with van der Waals surface area (Å²) in [5, 5.41) is 14.4. The van der Waals surface area contributed by atoms with E-state index in [-0.39, 0.29) is 18.4 Å². The molecule has 0 radical (unpaired) electrons. The van der Waals surface area contributed by atoms with Crippen LogP contribution in [0.15, 0.2) is 30.3 Å². The summed E-state index contributed by atoms with van der Waals surface area (Å²) in [4.78, 5) is 35.9. The van der Waals surface area contributed by atoms with Gasteiger partial charge >= 0.3 is 12.1 Å². The van der Waals surface area contributed by atoms with Gasteiger partial charge in [0.1, 0.15) is 18.7 Å². The van der Waals surface area contributed by atoms with Gasteiger partial charge in [0.15, 0.2) is 0 Å². The lowest BCUT2D eigenvalue weighted by molar-refractivity contribution is -0.143. The van der Waals surface area contributed by atoms with Crippen LogP contribution in [0.5, 0.6) is 0 Å². The molecule has 0 spiro atoms. The van der Waals surface area contributed by atoms with E-state index in [0.717, 1.165) is 5.56 Å². The van der Waals surface area contributed by atoms with Gasteiger partial charge in [-0.05, 0) is 17.4 Å². The van der Waals surface area contributed by atoms with Crippen molar-refractivity contribution in [2.24, 2.45) is 11.8 Å². The third kappa shape index (κ3) is 6.74. The predicted molar refractivity (Wildman–Crippen MR) is 97.4 cm³/mol. The minimum Gasteiger partial charge on any atom is -0.480 e. The van der Waals surface area contributed by atoms with Crippen molar-refractivity contribution in [1.82, 2.24) is 10.6 Å². The van der Waals surface area contributed by atoms with Gasteiger partial charge in [-0.15, -0.1) is 0 Å². The van der Waals surface area contributed by atoms with Crippen LogP contribution in [0, 0.1) is 11.8 Å². The molecule has 0 aliphatic heterocycles. The highest BCUT2D eigenvalue weighted by Crippen LogP contribution is 2.10. The van der Waals surface area contributed by atoms with E-state index >= 15 is 0 Å². The molecule has 0 saturated carbocycles. The Labute approximate surface area is 154 Å². The summed E-state index contributed by atoms with van der Waals surface area (Å²) < 4.78 is 5.13. The minimum atomic E-state index is -1.10. The summed E-state index contributed by atoms with van der Waals surface area (Å²) in [7, 11) is 0. The zero-order valence-electron chi connectivity index (χ0n) is 15.7. The van der Waals surface area contributed by atoms with Gasteiger partial charge in [0.25, 0.3) is 0 Å². The van der Waals surface area contributed by atoms with E-state index < -0.39 is 30.1 Å². The summed E-state index contributed by atoms with van der Waals surface area (Å²) in [5.74, 6) is -2.09. The fraction of sp³-hybridized carbons (Fsp3) is 0.526. The number of carboxylic acids is 1. The first-order valence-electron chi connectivity index (χ1n) is 8.76. The topological polar surface area (TPSA) is 105 Å². The highest BCUT2D eigenvalue weighted by atomic mass is 16.5. The van der Waals surface area contributed by atoms with Crippen LogP contribution in [0.1, 0.15) is 39.7 Å². The maximum Gasteiger partial charge on any atom is 0.408 e. The molecule has 0 aliphatic carbocycles. The fourth-order valence-corrected chi connectivity index (χ4v) is 2.35. The van der Waals surface area contributed by atoms with E-state index in [0.29, 0.717) is 6.42 Å². The molecule has 3 N–H and O–H groups in total. The molecule has 0 bridgehead atoms. The average Bonchev–Trinajstić information content (AvgIpc) is 2.61. The predicted octanol–water partition coefficient (Wildman–Crippen LogP) is 2.55. The number of rotatable bonds is 9. The molecule has 7 heteroatoms. The standard InChI is InChI=1S/C19H28N2O5/c1-5-13(4)16(18(23)24)20-17(22)15(12(2)3)21-19(25)26-11-14-9-7-6-8-10-14/h6-10,12-13,15-16H,5,11H2,1-4H3,(H,20,22)(H,21,25)(H,23,24)/t13-,15+,16+/m1/s1. The monoisotopic (exact) mass is 364 g/mol.